The second-order valence-corrected chi connectivity index (χ2v) is 10.1. The summed E-state index contributed by atoms with van der Waals surface area (Å²) in [5.74, 6) is -1.15. The van der Waals surface area contributed by atoms with Gasteiger partial charge in [-0.1, -0.05) is 13.8 Å². The Morgan fingerprint density at radius 3 is 2.61 bits per heavy atom. The number of aliphatic hydroxyl groups is 1. The van der Waals surface area contributed by atoms with Crippen LogP contribution in [-0.4, -0.2) is 58.8 Å². The highest BCUT2D eigenvalue weighted by atomic mass is 32.2. The molecule has 0 aliphatic heterocycles. The number of aliphatic carboxylic acids is 1. The lowest BCUT2D eigenvalue weighted by Crippen LogP contribution is -2.58. The Hall–Kier alpha value is -1.71. The maximum atomic E-state index is 11.8. The Bertz CT molecular complexity index is 776. The summed E-state index contributed by atoms with van der Waals surface area (Å²) >= 11 is 0. The van der Waals surface area contributed by atoms with E-state index in [0.717, 1.165) is 25.7 Å². The zero-order valence-electron chi connectivity index (χ0n) is 16.4. The van der Waals surface area contributed by atoms with Crippen LogP contribution in [0.25, 0.3) is 0 Å². The molecular weight excluding hydrogens is 384 g/mol. The van der Waals surface area contributed by atoms with Crippen molar-refractivity contribution in [3.63, 3.8) is 0 Å². The molecule has 28 heavy (non-hydrogen) atoms. The first-order valence-corrected chi connectivity index (χ1v) is 11.4. The molecular formula is C19H30N2O6S. The van der Waals surface area contributed by atoms with Crippen molar-refractivity contribution in [1.82, 2.24) is 4.98 Å². The van der Waals surface area contributed by atoms with E-state index in [2.05, 4.69) is 11.9 Å². The molecule has 1 fully saturated rings. The number of hydrogen-bond donors (Lipinski definition) is 3. The predicted octanol–water partition coefficient (Wildman–Crippen LogP) is 1.16. The van der Waals surface area contributed by atoms with E-state index >= 15 is 0 Å². The lowest BCUT2D eigenvalue weighted by molar-refractivity contribution is -0.160. The third-order valence-electron chi connectivity index (χ3n) is 5.36. The summed E-state index contributed by atoms with van der Waals surface area (Å²) in [5, 5.41) is 20.1. The van der Waals surface area contributed by atoms with Gasteiger partial charge in [0.15, 0.2) is 15.4 Å². The average molecular weight is 415 g/mol. The third-order valence-corrected chi connectivity index (χ3v) is 7.11. The van der Waals surface area contributed by atoms with Crippen molar-refractivity contribution in [3.05, 3.63) is 24.0 Å². The molecule has 1 heterocycles. The van der Waals surface area contributed by atoms with Gasteiger partial charge < -0.3 is 20.7 Å². The number of nitrogens with two attached hydrogens (primary N) is 1. The van der Waals surface area contributed by atoms with Crippen molar-refractivity contribution in [2.45, 2.75) is 63.7 Å². The minimum atomic E-state index is -3.55. The van der Waals surface area contributed by atoms with Gasteiger partial charge in [-0.25, -0.2) is 13.2 Å². The van der Waals surface area contributed by atoms with Crippen molar-refractivity contribution in [3.8, 4) is 5.75 Å². The van der Waals surface area contributed by atoms with Gasteiger partial charge in [0.05, 0.1) is 17.9 Å². The SMILES string of the molecule is CCS(=O)(=O)C[C@H](N)[C@](O)(Cc1cc(OC2CCC(C)CC2)ccn1)C(=O)O. The highest BCUT2D eigenvalue weighted by Gasteiger charge is 2.44. The van der Waals surface area contributed by atoms with Gasteiger partial charge in [-0.15, -0.1) is 0 Å². The molecule has 0 amide bonds. The molecule has 0 saturated heterocycles. The maximum Gasteiger partial charge on any atom is 0.337 e. The number of carbonyl (C=O) groups is 1. The van der Waals surface area contributed by atoms with Crippen LogP contribution in [0.1, 0.15) is 45.2 Å². The summed E-state index contributed by atoms with van der Waals surface area (Å²) in [7, 11) is -3.55. The lowest BCUT2D eigenvalue weighted by atomic mass is 9.89. The van der Waals surface area contributed by atoms with Gasteiger partial charge in [0.25, 0.3) is 0 Å². The number of pyridine rings is 1. The van der Waals surface area contributed by atoms with E-state index in [9.17, 15) is 23.4 Å². The summed E-state index contributed by atoms with van der Waals surface area (Å²) in [5.41, 5.74) is 3.62. The van der Waals surface area contributed by atoms with Crippen LogP contribution in [0.5, 0.6) is 5.75 Å². The number of carboxylic acids is 1. The van der Waals surface area contributed by atoms with Crippen LogP contribution in [-0.2, 0) is 21.1 Å². The standard InChI is InChI=1S/C19H30N2O6S/c1-3-28(25,26)12-17(20)19(24,18(22)23)11-14-10-16(8-9-21-14)27-15-6-4-13(2)5-7-15/h8-10,13,15,17,24H,3-7,11-12,20H2,1-2H3,(H,22,23)/t13?,15?,17-,19+/m0/s1. The molecule has 1 aromatic heterocycles. The fourth-order valence-electron chi connectivity index (χ4n) is 3.34. The number of aromatic nitrogens is 1. The van der Waals surface area contributed by atoms with E-state index < -0.39 is 39.6 Å². The van der Waals surface area contributed by atoms with Gasteiger partial charge in [-0.2, -0.15) is 0 Å². The number of nitrogens with zero attached hydrogens (tertiary/aromatic N) is 1. The van der Waals surface area contributed by atoms with Crippen LogP contribution >= 0.6 is 0 Å². The van der Waals surface area contributed by atoms with Crippen LogP contribution < -0.4 is 10.5 Å². The van der Waals surface area contributed by atoms with Gasteiger partial charge in [-0.05, 0) is 37.7 Å². The minimum absolute atomic E-state index is 0.0989. The molecule has 0 radical (unpaired) electrons. The molecule has 0 unspecified atom stereocenters. The highest BCUT2D eigenvalue weighted by Crippen LogP contribution is 2.28. The van der Waals surface area contributed by atoms with E-state index in [0.29, 0.717) is 11.7 Å². The van der Waals surface area contributed by atoms with Crippen molar-refractivity contribution in [1.29, 1.82) is 0 Å². The van der Waals surface area contributed by atoms with Crippen molar-refractivity contribution < 1.29 is 28.2 Å². The van der Waals surface area contributed by atoms with Gasteiger partial charge in [0.2, 0.25) is 0 Å². The zero-order valence-corrected chi connectivity index (χ0v) is 17.2. The van der Waals surface area contributed by atoms with Gasteiger partial charge in [0.1, 0.15) is 5.75 Å². The molecule has 2 rings (SSSR count). The molecule has 1 aliphatic rings. The molecule has 158 valence electrons. The molecule has 9 heteroatoms. The van der Waals surface area contributed by atoms with Crippen molar-refractivity contribution in [2.75, 3.05) is 11.5 Å². The lowest BCUT2D eigenvalue weighted by Gasteiger charge is -2.30. The highest BCUT2D eigenvalue weighted by molar-refractivity contribution is 7.91. The first-order valence-electron chi connectivity index (χ1n) is 9.59. The molecule has 0 aromatic carbocycles. The van der Waals surface area contributed by atoms with Crippen LogP contribution in [0.4, 0.5) is 0 Å². The average Bonchev–Trinajstić information content (AvgIpc) is 2.63. The number of ether oxygens (including phenoxy) is 1. The van der Waals surface area contributed by atoms with Crippen molar-refractivity contribution >= 4 is 15.8 Å². The fourth-order valence-corrected chi connectivity index (χ4v) is 4.40. The second-order valence-electron chi connectivity index (χ2n) is 7.69. The topological polar surface area (TPSA) is 140 Å². The van der Waals surface area contributed by atoms with Crippen LogP contribution in [0.15, 0.2) is 18.3 Å². The Balaban J connectivity index is 2.13. The summed E-state index contributed by atoms with van der Waals surface area (Å²) in [4.78, 5) is 15.8. The Kier molecular flexibility index (Phi) is 7.41. The normalized spacial score (nSPS) is 23.6. The molecule has 2 atom stereocenters. The maximum absolute atomic E-state index is 11.8. The van der Waals surface area contributed by atoms with E-state index in [1.807, 2.05) is 0 Å². The van der Waals surface area contributed by atoms with Gasteiger partial charge in [-0.3, -0.25) is 4.98 Å². The smallest absolute Gasteiger partial charge is 0.337 e. The molecule has 4 N–H and O–H groups in total. The summed E-state index contributed by atoms with van der Waals surface area (Å²) in [6.45, 7) is 3.66. The van der Waals surface area contributed by atoms with Gasteiger partial charge in [0, 0.05) is 30.1 Å². The summed E-state index contributed by atoms with van der Waals surface area (Å²) in [6, 6.07) is 1.77. The molecule has 0 bridgehead atoms. The number of rotatable bonds is 9. The number of hydrogen-bond acceptors (Lipinski definition) is 7. The Morgan fingerprint density at radius 1 is 1.39 bits per heavy atom. The number of carboxylic acid groups (broad SMARTS) is 1. The first-order chi connectivity index (χ1) is 13.1. The van der Waals surface area contributed by atoms with Crippen LogP contribution in [0, 0.1) is 5.92 Å². The largest absolute Gasteiger partial charge is 0.490 e. The van der Waals surface area contributed by atoms with Gasteiger partial charge >= 0.3 is 5.97 Å². The fraction of sp³-hybridized carbons (Fsp3) is 0.684. The predicted molar refractivity (Wildman–Crippen MR) is 105 cm³/mol. The first kappa shape index (κ1) is 22.6. The van der Waals surface area contributed by atoms with Crippen molar-refractivity contribution in [2.24, 2.45) is 11.7 Å². The monoisotopic (exact) mass is 414 g/mol. The Labute approximate surface area is 166 Å². The molecule has 1 aromatic rings. The molecule has 8 nitrogen and oxygen atoms in total. The van der Waals surface area contributed by atoms with E-state index in [1.54, 1.807) is 12.1 Å². The zero-order chi connectivity index (χ0) is 20.9. The van der Waals surface area contributed by atoms with Crippen LogP contribution in [0.2, 0.25) is 0 Å². The van der Waals surface area contributed by atoms with E-state index in [4.69, 9.17) is 10.5 Å². The Morgan fingerprint density at radius 2 is 2.04 bits per heavy atom. The minimum Gasteiger partial charge on any atom is -0.490 e. The third kappa shape index (κ3) is 5.89. The summed E-state index contributed by atoms with van der Waals surface area (Å²) < 4.78 is 29.6. The van der Waals surface area contributed by atoms with E-state index in [-0.39, 0.29) is 17.6 Å². The van der Waals surface area contributed by atoms with E-state index in [1.165, 1.54) is 13.1 Å². The number of sulfone groups is 1. The molecule has 1 saturated carbocycles. The van der Waals surface area contributed by atoms with Crippen LogP contribution in [0.3, 0.4) is 0 Å². The quantitative estimate of drug-likeness (QED) is 0.547. The molecule has 1 aliphatic carbocycles. The summed E-state index contributed by atoms with van der Waals surface area (Å²) in [6.07, 6.45) is 5.27. The second kappa shape index (κ2) is 9.19. The molecule has 0 spiro atoms.